The third-order valence-electron chi connectivity index (χ3n) is 3.51. The number of hydrogen-bond acceptors (Lipinski definition) is 2. The lowest BCUT2D eigenvalue weighted by Crippen LogP contribution is -2.32. The summed E-state index contributed by atoms with van der Waals surface area (Å²) in [6, 6.07) is 17.6. The van der Waals surface area contributed by atoms with Crippen LogP contribution in [0.1, 0.15) is 29.3 Å². The molecular weight excluding hydrogens is 260 g/mol. The Balaban J connectivity index is 2.24. The van der Waals surface area contributed by atoms with Crippen LogP contribution in [0.25, 0.3) is 0 Å². The van der Waals surface area contributed by atoms with E-state index in [1.807, 2.05) is 54.6 Å². The molecule has 2 rings (SSSR count). The normalized spacial score (nSPS) is 10.4. The summed E-state index contributed by atoms with van der Waals surface area (Å²) in [7, 11) is 0. The molecule has 2 aromatic rings. The fourth-order valence-corrected chi connectivity index (χ4v) is 2.24. The summed E-state index contributed by atoms with van der Waals surface area (Å²) >= 11 is 0. The molecule has 0 radical (unpaired) electrons. The van der Waals surface area contributed by atoms with Crippen molar-refractivity contribution in [2.45, 2.75) is 19.8 Å². The summed E-state index contributed by atoms with van der Waals surface area (Å²) in [5.74, 6) is 0.0253. The van der Waals surface area contributed by atoms with Gasteiger partial charge in [0.15, 0.2) is 0 Å². The van der Waals surface area contributed by atoms with Gasteiger partial charge in [-0.15, -0.1) is 0 Å². The van der Waals surface area contributed by atoms with Gasteiger partial charge >= 0.3 is 0 Å². The Morgan fingerprint density at radius 3 is 2.29 bits per heavy atom. The molecule has 110 valence electrons. The molecule has 21 heavy (non-hydrogen) atoms. The lowest BCUT2D eigenvalue weighted by molar-refractivity contribution is 0.0987. The Bertz CT molecular complexity index is 564. The zero-order valence-electron chi connectivity index (χ0n) is 12.5. The van der Waals surface area contributed by atoms with Crippen LogP contribution >= 0.6 is 0 Å². The number of carbonyl (C=O) groups is 1. The van der Waals surface area contributed by atoms with Crippen LogP contribution in [0.4, 0.5) is 5.69 Å². The van der Waals surface area contributed by atoms with Gasteiger partial charge in [-0.2, -0.15) is 0 Å². The maximum Gasteiger partial charge on any atom is 0.258 e. The quantitative estimate of drug-likeness (QED) is 0.884. The third-order valence-corrected chi connectivity index (χ3v) is 3.51. The van der Waals surface area contributed by atoms with Crippen molar-refractivity contribution < 1.29 is 4.79 Å². The number of amides is 1. The lowest BCUT2D eigenvalue weighted by atomic mass is 10.1. The van der Waals surface area contributed by atoms with Crippen molar-refractivity contribution in [3.63, 3.8) is 0 Å². The first-order chi connectivity index (χ1) is 10.3. The molecule has 2 aromatic carbocycles. The fraction of sp³-hybridized carbons (Fsp3) is 0.278. The molecule has 0 saturated heterocycles. The van der Waals surface area contributed by atoms with Gasteiger partial charge in [-0.25, -0.2) is 0 Å². The fourth-order valence-electron chi connectivity index (χ4n) is 2.24. The van der Waals surface area contributed by atoms with E-state index in [1.54, 1.807) is 4.90 Å². The van der Waals surface area contributed by atoms with Crippen molar-refractivity contribution in [1.29, 1.82) is 0 Å². The Morgan fingerprint density at radius 1 is 1.05 bits per heavy atom. The topological polar surface area (TPSA) is 46.3 Å². The minimum absolute atomic E-state index is 0.0253. The number of para-hydroxylation sites is 1. The Hall–Kier alpha value is -2.13. The largest absolute Gasteiger partial charge is 0.330 e. The van der Waals surface area contributed by atoms with Gasteiger partial charge in [-0.05, 0) is 49.2 Å². The first kappa shape index (κ1) is 15.3. The van der Waals surface area contributed by atoms with E-state index in [-0.39, 0.29) is 5.91 Å². The zero-order chi connectivity index (χ0) is 15.1. The summed E-state index contributed by atoms with van der Waals surface area (Å²) in [4.78, 5) is 14.5. The van der Waals surface area contributed by atoms with E-state index in [4.69, 9.17) is 5.73 Å². The first-order valence-electron chi connectivity index (χ1n) is 7.42. The first-order valence-corrected chi connectivity index (χ1v) is 7.42. The highest BCUT2D eigenvalue weighted by Gasteiger charge is 2.16. The van der Waals surface area contributed by atoms with E-state index >= 15 is 0 Å². The molecule has 0 aliphatic carbocycles. The standard InChI is InChI=1S/C18H22N2O/c1-2-15-9-11-16(12-10-15)18(21)20(14-6-13-19)17-7-4-3-5-8-17/h3-5,7-12H,2,6,13-14,19H2,1H3. The number of hydrogen-bond donors (Lipinski definition) is 1. The van der Waals surface area contributed by atoms with Gasteiger partial charge in [0.05, 0.1) is 0 Å². The van der Waals surface area contributed by atoms with Crippen LogP contribution in [-0.2, 0) is 6.42 Å². The van der Waals surface area contributed by atoms with Gasteiger partial charge in [-0.1, -0.05) is 37.3 Å². The van der Waals surface area contributed by atoms with Crippen molar-refractivity contribution >= 4 is 11.6 Å². The Morgan fingerprint density at radius 2 is 1.71 bits per heavy atom. The van der Waals surface area contributed by atoms with Crippen molar-refractivity contribution in [3.8, 4) is 0 Å². The van der Waals surface area contributed by atoms with Gasteiger partial charge in [0.1, 0.15) is 0 Å². The van der Waals surface area contributed by atoms with Crippen LogP contribution < -0.4 is 10.6 Å². The zero-order valence-corrected chi connectivity index (χ0v) is 12.5. The second-order valence-corrected chi connectivity index (χ2v) is 4.99. The highest BCUT2D eigenvalue weighted by atomic mass is 16.2. The molecule has 0 aliphatic rings. The molecule has 1 amide bonds. The van der Waals surface area contributed by atoms with Gasteiger partial charge in [0, 0.05) is 17.8 Å². The van der Waals surface area contributed by atoms with Crippen LogP contribution in [0.2, 0.25) is 0 Å². The Labute approximate surface area is 126 Å². The second-order valence-electron chi connectivity index (χ2n) is 4.99. The summed E-state index contributed by atoms with van der Waals surface area (Å²) in [6.07, 6.45) is 1.76. The molecule has 0 aromatic heterocycles. The second kappa shape index (κ2) is 7.60. The van der Waals surface area contributed by atoms with Crippen LogP contribution in [-0.4, -0.2) is 19.0 Å². The molecule has 0 spiro atoms. The molecule has 0 bridgehead atoms. The van der Waals surface area contributed by atoms with Gasteiger partial charge in [-0.3, -0.25) is 4.79 Å². The molecule has 3 nitrogen and oxygen atoms in total. The molecule has 0 aliphatic heterocycles. The molecule has 0 saturated carbocycles. The summed E-state index contributed by atoms with van der Waals surface area (Å²) in [5.41, 5.74) is 8.46. The highest BCUT2D eigenvalue weighted by molar-refractivity contribution is 6.06. The van der Waals surface area contributed by atoms with Gasteiger partial charge < -0.3 is 10.6 Å². The van der Waals surface area contributed by atoms with E-state index < -0.39 is 0 Å². The molecular formula is C18H22N2O. The Kier molecular flexibility index (Phi) is 5.52. The van der Waals surface area contributed by atoms with Crippen molar-refractivity contribution in [1.82, 2.24) is 0 Å². The molecule has 0 unspecified atom stereocenters. The third kappa shape index (κ3) is 3.92. The van der Waals surface area contributed by atoms with E-state index in [1.165, 1.54) is 5.56 Å². The lowest BCUT2D eigenvalue weighted by Gasteiger charge is -2.23. The summed E-state index contributed by atoms with van der Waals surface area (Å²) in [5, 5.41) is 0. The van der Waals surface area contributed by atoms with E-state index in [0.717, 1.165) is 18.5 Å². The summed E-state index contributed by atoms with van der Waals surface area (Å²) in [6.45, 7) is 3.31. The maximum absolute atomic E-state index is 12.7. The predicted molar refractivity (Wildman–Crippen MR) is 87.6 cm³/mol. The SMILES string of the molecule is CCc1ccc(C(=O)N(CCCN)c2ccccc2)cc1. The van der Waals surface area contributed by atoms with Crippen molar-refractivity contribution in [2.75, 3.05) is 18.0 Å². The number of aryl methyl sites for hydroxylation is 1. The predicted octanol–water partition coefficient (Wildman–Crippen LogP) is 3.24. The average Bonchev–Trinajstić information content (AvgIpc) is 2.56. The van der Waals surface area contributed by atoms with E-state index in [9.17, 15) is 4.79 Å². The number of nitrogens with two attached hydrogens (primary N) is 1. The van der Waals surface area contributed by atoms with Crippen LogP contribution in [0.15, 0.2) is 54.6 Å². The van der Waals surface area contributed by atoms with Gasteiger partial charge in [0.25, 0.3) is 5.91 Å². The smallest absolute Gasteiger partial charge is 0.258 e. The van der Waals surface area contributed by atoms with Crippen molar-refractivity contribution in [2.24, 2.45) is 5.73 Å². The maximum atomic E-state index is 12.7. The number of carbonyl (C=O) groups excluding carboxylic acids is 1. The number of nitrogens with zero attached hydrogens (tertiary/aromatic N) is 1. The van der Waals surface area contributed by atoms with Crippen molar-refractivity contribution in [3.05, 3.63) is 65.7 Å². The van der Waals surface area contributed by atoms with Crippen LogP contribution in [0.3, 0.4) is 0 Å². The number of benzene rings is 2. The van der Waals surface area contributed by atoms with E-state index in [0.29, 0.717) is 18.7 Å². The molecule has 0 atom stereocenters. The highest BCUT2D eigenvalue weighted by Crippen LogP contribution is 2.17. The number of anilines is 1. The minimum Gasteiger partial charge on any atom is -0.330 e. The van der Waals surface area contributed by atoms with Crippen LogP contribution in [0, 0.1) is 0 Å². The van der Waals surface area contributed by atoms with Gasteiger partial charge in [0.2, 0.25) is 0 Å². The average molecular weight is 282 g/mol. The molecule has 0 fully saturated rings. The van der Waals surface area contributed by atoms with Crippen LogP contribution in [0.5, 0.6) is 0 Å². The molecule has 0 heterocycles. The van der Waals surface area contributed by atoms with E-state index in [2.05, 4.69) is 6.92 Å². The molecule has 2 N–H and O–H groups in total. The number of rotatable bonds is 6. The monoisotopic (exact) mass is 282 g/mol. The summed E-state index contributed by atoms with van der Waals surface area (Å²) < 4.78 is 0. The molecule has 3 heteroatoms. The minimum atomic E-state index is 0.0253.